The Balaban J connectivity index is 1.74. The number of hydrogen-bond donors (Lipinski definition) is 0. The Morgan fingerprint density at radius 1 is 1.19 bits per heavy atom. The Bertz CT molecular complexity index is 1170. The quantitative estimate of drug-likeness (QED) is 0.363. The van der Waals surface area contributed by atoms with Crippen LogP contribution in [0.3, 0.4) is 0 Å². The van der Waals surface area contributed by atoms with Crippen molar-refractivity contribution in [2.75, 3.05) is 34.4 Å². The van der Waals surface area contributed by atoms with E-state index in [2.05, 4.69) is 0 Å². The van der Waals surface area contributed by atoms with E-state index in [4.69, 9.17) is 13.8 Å². The molecule has 0 spiro atoms. The van der Waals surface area contributed by atoms with Crippen molar-refractivity contribution < 1.29 is 31.5 Å². The number of benzene rings is 2. The Kier molecular flexibility index (Phi) is 6.36. The van der Waals surface area contributed by atoms with Gasteiger partial charge in [-0.2, -0.15) is 0 Å². The van der Waals surface area contributed by atoms with Gasteiger partial charge in [-0.1, -0.05) is 0 Å². The molecule has 0 radical (unpaired) electrons. The average Bonchev–Trinajstić information content (AvgIpc) is 3.14. The van der Waals surface area contributed by atoms with Gasteiger partial charge in [-0.15, -0.1) is 0 Å². The highest BCUT2D eigenvalue weighted by molar-refractivity contribution is 7.52. The van der Waals surface area contributed by atoms with E-state index in [1.807, 2.05) is 25.1 Å². The molecule has 0 saturated carbocycles. The van der Waals surface area contributed by atoms with Crippen LogP contribution in [0.1, 0.15) is 23.7 Å². The number of fused-ring (bicyclic) bond motifs is 1. The van der Waals surface area contributed by atoms with Gasteiger partial charge in [0, 0.05) is 24.5 Å². The number of rotatable bonds is 6. The topological polar surface area (TPSA) is 52.9 Å². The molecule has 172 valence electrons. The van der Waals surface area contributed by atoms with Crippen LogP contribution in [0.4, 0.5) is 13.2 Å². The first-order valence-corrected chi connectivity index (χ1v) is 11.6. The van der Waals surface area contributed by atoms with E-state index >= 15 is 0 Å². The summed E-state index contributed by atoms with van der Waals surface area (Å²) < 4.78 is 72.8. The molecule has 0 amide bonds. The van der Waals surface area contributed by atoms with Crippen molar-refractivity contribution in [3.63, 3.8) is 0 Å². The van der Waals surface area contributed by atoms with Crippen LogP contribution in [0, 0.1) is 17.5 Å². The van der Waals surface area contributed by atoms with E-state index in [-0.39, 0.29) is 18.6 Å². The molecule has 0 bridgehead atoms. The van der Waals surface area contributed by atoms with Crippen LogP contribution in [0.5, 0.6) is 5.75 Å². The van der Waals surface area contributed by atoms with E-state index in [0.717, 1.165) is 29.6 Å². The van der Waals surface area contributed by atoms with E-state index < -0.39 is 31.3 Å². The molecule has 1 saturated heterocycles. The zero-order valence-corrected chi connectivity index (χ0v) is 18.9. The SMILES string of the molecule is COc1ccc2c(c1)c(CCN(C)C)cn2P1(=O)OCCC(c2cc(F)c(F)c(F)c2)O1. The maximum Gasteiger partial charge on any atom is 0.439 e. The Labute approximate surface area is 184 Å². The van der Waals surface area contributed by atoms with Crippen LogP contribution in [-0.4, -0.2) is 43.6 Å². The van der Waals surface area contributed by atoms with E-state index in [1.165, 1.54) is 4.34 Å². The summed E-state index contributed by atoms with van der Waals surface area (Å²) in [4.78, 5) is 2.03. The lowest BCUT2D eigenvalue weighted by molar-refractivity contribution is 0.0766. The summed E-state index contributed by atoms with van der Waals surface area (Å²) >= 11 is 0. The first kappa shape index (κ1) is 22.9. The summed E-state index contributed by atoms with van der Waals surface area (Å²) in [5.41, 5.74) is 1.62. The Hall–Kier alpha value is -2.32. The fourth-order valence-electron chi connectivity index (χ4n) is 3.75. The molecule has 10 heteroatoms. The van der Waals surface area contributed by atoms with E-state index in [9.17, 15) is 17.7 Å². The van der Waals surface area contributed by atoms with Gasteiger partial charge in [-0.3, -0.25) is 13.4 Å². The second-order valence-electron chi connectivity index (χ2n) is 7.92. The summed E-state index contributed by atoms with van der Waals surface area (Å²) in [6, 6.07) is 7.09. The summed E-state index contributed by atoms with van der Waals surface area (Å²) in [6.07, 6.45) is 1.71. The first-order valence-electron chi connectivity index (χ1n) is 10.1. The van der Waals surface area contributed by atoms with Crippen LogP contribution in [0.15, 0.2) is 36.5 Å². The van der Waals surface area contributed by atoms with Crippen molar-refractivity contribution in [2.45, 2.75) is 18.9 Å². The van der Waals surface area contributed by atoms with E-state index in [1.54, 1.807) is 25.4 Å². The van der Waals surface area contributed by atoms with Crippen molar-refractivity contribution in [1.29, 1.82) is 0 Å². The smallest absolute Gasteiger partial charge is 0.439 e. The summed E-state index contributed by atoms with van der Waals surface area (Å²) in [5, 5.41) is 0.842. The highest BCUT2D eigenvalue weighted by Gasteiger charge is 2.38. The molecule has 1 aliphatic rings. The largest absolute Gasteiger partial charge is 0.497 e. The average molecular weight is 468 g/mol. The minimum Gasteiger partial charge on any atom is -0.497 e. The maximum atomic E-state index is 13.8. The van der Waals surface area contributed by atoms with Gasteiger partial charge in [-0.05, 0) is 62.0 Å². The van der Waals surface area contributed by atoms with Crippen molar-refractivity contribution in [2.24, 2.45) is 0 Å². The zero-order chi connectivity index (χ0) is 23.0. The van der Waals surface area contributed by atoms with Gasteiger partial charge in [0.2, 0.25) is 0 Å². The molecule has 1 fully saturated rings. The number of methoxy groups -OCH3 is 1. The van der Waals surface area contributed by atoms with E-state index in [0.29, 0.717) is 17.7 Å². The van der Waals surface area contributed by atoms with Crippen molar-refractivity contribution in [3.8, 4) is 5.75 Å². The first-order chi connectivity index (χ1) is 15.2. The van der Waals surface area contributed by atoms with Crippen LogP contribution in [0.2, 0.25) is 0 Å². The molecular formula is C22H24F3N2O4P. The number of likely N-dealkylation sites (N-methyl/N-ethyl adjacent to an activating group) is 1. The molecule has 2 atom stereocenters. The lowest BCUT2D eigenvalue weighted by Gasteiger charge is -2.30. The minimum atomic E-state index is -3.90. The van der Waals surface area contributed by atoms with Gasteiger partial charge in [0.1, 0.15) is 5.75 Å². The maximum absolute atomic E-state index is 13.8. The lowest BCUT2D eigenvalue weighted by Crippen LogP contribution is -2.18. The van der Waals surface area contributed by atoms with Crippen LogP contribution >= 0.6 is 7.75 Å². The number of nitrogens with zero attached hydrogens (tertiary/aromatic N) is 2. The van der Waals surface area contributed by atoms with Crippen molar-refractivity contribution in [3.05, 3.63) is 65.1 Å². The predicted molar refractivity (Wildman–Crippen MR) is 114 cm³/mol. The molecule has 3 aromatic rings. The predicted octanol–water partition coefficient (Wildman–Crippen LogP) is 5.31. The minimum absolute atomic E-state index is 0.0470. The van der Waals surface area contributed by atoms with Crippen molar-refractivity contribution in [1.82, 2.24) is 9.24 Å². The van der Waals surface area contributed by atoms with Gasteiger partial charge in [-0.25, -0.2) is 17.7 Å². The number of hydrogen-bond acceptors (Lipinski definition) is 5. The molecule has 2 unspecified atom stereocenters. The van der Waals surface area contributed by atoms with Crippen LogP contribution in [0.25, 0.3) is 10.9 Å². The second kappa shape index (κ2) is 8.90. The third kappa shape index (κ3) is 4.30. The van der Waals surface area contributed by atoms with Crippen molar-refractivity contribution >= 4 is 18.6 Å². The molecule has 1 aromatic heterocycles. The molecule has 0 aliphatic carbocycles. The molecule has 2 aromatic carbocycles. The number of aromatic nitrogens is 1. The third-order valence-corrected chi connectivity index (χ3v) is 7.33. The zero-order valence-electron chi connectivity index (χ0n) is 18.0. The third-order valence-electron chi connectivity index (χ3n) is 5.44. The fraction of sp³-hybridized carbons (Fsp3) is 0.364. The Morgan fingerprint density at radius 3 is 2.56 bits per heavy atom. The van der Waals surface area contributed by atoms with Gasteiger partial charge in [0.25, 0.3) is 0 Å². The van der Waals surface area contributed by atoms with Crippen LogP contribution in [-0.2, 0) is 20.0 Å². The highest BCUT2D eigenvalue weighted by atomic mass is 31.2. The lowest BCUT2D eigenvalue weighted by atomic mass is 10.1. The molecule has 0 N–H and O–H groups in total. The molecule has 32 heavy (non-hydrogen) atoms. The summed E-state index contributed by atoms with van der Waals surface area (Å²) in [5.74, 6) is -3.55. The number of ether oxygens (including phenoxy) is 1. The standard InChI is InChI=1S/C22H24F3N2O4P/c1-26(2)8-6-14-13-27(20-5-4-16(29-3)12-17(14)20)32(28)30-9-7-21(31-32)15-10-18(23)22(25)19(24)11-15/h4-5,10-13,21H,6-9H2,1-3H3. The molecule has 2 heterocycles. The molecular weight excluding hydrogens is 444 g/mol. The summed E-state index contributed by atoms with van der Waals surface area (Å²) in [6.45, 7) is 0.810. The molecule has 6 nitrogen and oxygen atoms in total. The highest BCUT2D eigenvalue weighted by Crippen LogP contribution is 2.58. The Morgan fingerprint density at radius 2 is 1.91 bits per heavy atom. The van der Waals surface area contributed by atoms with Gasteiger partial charge in [0.05, 0.1) is 25.3 Å². The molecule has 4 rings (SSSR count). The number of halogens is 3. The van der Waals surface area contributed by atoms with Gasteiger partial charge < -0.3 is 9.64 Å². The van der Waals surface area contributed by atoms with Gasteiger partial charge >= 0.3 is 7.75 Å². The summed E-state index contributed by atoms with van der Waals surface area (Å²) in [7, 11) is 1.58. The fourth-order valence-corrected chi connectivity index (χ4v) is 5.64. The molecule has 1 aliphatic heterocycles. The van der Waals surface area contributed by atoms with Gasteiger partial charge in [0.15, 0.2) is 17.5 Å². The normalized spacial score (nSPS) is 21.4. The second-order valence-corrected chi connectivity index (χ2v) is 9.76. The monoisotopic (exact) mass is 468 g/mol. The van der Waals surface area contributed by atoms with Crippen LogP contribution < -0.4 is 4.74 Å².